The minimum Gasteiger partial charge on any atom is -0.467 e. The third-order valence-electron chi connectivity index (χ3n) is 5.37. The summed E-state index contributed by atoms with van der Waals surface area (Å²) in [6.07, 6.45) is 3.59. The van der Waals surface area contributed by atoms with Crippen LogP contribution in [-0.2, 0) is 27.2 Å². The number of unbranched alkanes of at least 4 members (excludes halogenated alkanes) is 1. The van der Waals surface area contributed by atoms with Gasteiger partial charge in [0.2, 0.25) is 5.91 Å². The first kappa shape index (κ1) is 26.3. The zero-order valence-electron chi connectivity index (χ0n) is 17.8. The molecule has 0 aliphatic carbocycles. The van der Waals surface area contributed by atoms with E-state index in [0.29, 0.717) is 28.7 Å². The summed E-state index contributed by atoms with van der Waals surface area (Å²) in [6.45, 7) is 0.700. The Morgan fingerprint density at radius 1 is 1.16 bits per heavy atom. The minimum absolute atomic E-state index is 0. The number of nitrogens with one attached hydrogen (secondary N) is 2. The number of ether oxygens (including phenoxy) is 1. The lowest BCUT2D eigenvalue weighted by molar-refractivity contribution is -0.142. The zero-order chi connectivity index (χ0) is 22.4. The highest BCUT2D eigenvalue weighted by Crippen LogP contribution is 2.40. The average molecular weight is 501 g/mol. The molecule has 0 unspecified atom stereocenters. The van der Waals surface area contributed by atoms with Crippen molar-refractivity contribution in [2.24, 2.45) is 5.73 Å². The molecule has 0 saturated heterocycles. The minimum atomic E-state index is -0.606. The number of hydrogen-bond acceptors (Lipinski definition) is 5. The van der Waals surface area contributed by atoms with Crippen LogP contribution in [0.3, 0.4) is 0 Å². The molecule has 3 rings (SSSR count). The van der Waals surface area contributed by atoms with Crippen molar-refractivity contribution in [3.63, 3.8) is 0 Å². The van der Waals surface area contributed by atoms with Gasteiger partial charge in [-0.2, -0.15) is 0 Å². The number of halogens is 3. The number of esters is 1. The van der Waals surface area contributed by atoms with E-state index in [2.05, 4.69) is 10.6 Å². The lowest BCUT2D eigenvalue weighted by Gasteiger charge is -2.33. The van der Waals surface area contributed by atoms with Gasteiger partial charge in [-0.15, -0.1) is 12.4 Å². The van der Waals surface area contributed by atoms with Crippen LogP contribution in [0.25, 0.3) is 0 Å². The van der Waals surface area contributed by atoms with Gasteiger partial charge in [-0.25, -0.2) is 4.79 Å². The van der Waals surface area contributed by atoms with Crippen LogP contribution in [0.2, 0.25) is 10.0 Å². The number of carbonyl (C=O) groups excluding carboxylic acids is 2. The van der Waals surface area contributed by atoms with Crippen LogP contribution < -0.4 is 16.4 Å². The van der Waals surface area contributed by atoms with E-state index in [1.807, 2.05) is 24.3 Å². The first-order valence-electron chi connectivity index (χ1n) is 10.3. The van der Waals surface area contributed by atoms with Crippen LogP contribution >= 0.6 is 35.6 Å². The molecule has 32 heavy (non-hydrogen) atoms. The van der Waals surface area contributed by atoms with Crippen LogP contribution in [-0.4, -0.2) is 31.6 Å². The van der Waals surface area contributed by atoms with Gasteiger partial charge in [0.15, 0.2) is 0 Å². The topological polar surface area (TPSA) is 93.5 Å². The Labute approximate surface area is 204 Å². The van der Waals surface area contributed by atoms with Crippen LogP contribution in [0.1, 0.15) is 42.0 Å². The molecule has 4 N–H and O–H groups in total. The Bertz CT molecular complexity index is 938. The van der Waals surface area contributed by atoms with Crippen molar-refractivity contribution in [1.82, 2.24) is 5.32 Å². The molecule has 0 aromatic heterocycles. The number of hydrogen-bond donors (Lipinski definition) is 3. The van der Waals surface area contributed by atoms with Gasteiger partial charge in [-0.1, -0.05) is 47.5 Å². The number of benzene rings is 2. The summed E-state index contributed by atoms with van der Waals surface area (Å²) < 4.78 is 4.87. The first-order valence-corrected chi connectivity index (χ1v) is 11.1. The monoisotopic (exact) mass is 499 g/mol. The molecule has 6 nitrogen and oxygen atoms in total. The molecule has 0 bridgehead atoms. The van der Waals surface area contributed by atoms with Gasteiger partial charge >= 0.3 is 5.97 Å². The molecular formula is C23H28Cl3N3O3. The van der Waals surface area contributed by atoms with Crippen LogP contribution in [0.15, 0.2) is 36.4 Å². The summed E-state index contributed by atoms with van der Waals surface area (Å²) in [6, 6.07) is 10.3. The summed E-state index contributed by atoms with van der Waals surface area (Å²) in [5.74, 6) is -0.561. The van der Waals surface area contributed by atoms with Gasteiger partial charge < -0.3 is 21.1 Å². The Hall–Kier alpha value is -1.99. The van der Waals surface area contributed by atoms with E-state index < -0.39 is 18.1 Å². The zero-order valence-corrected chi connectivity index (χ0v) is 20.2. The van der Waals surface area contributed by atoms with Gasteiger partial charge in [-0.05, 0) is 49.1 Å². The van der Waals surface area contributed by atoms with E-state index in [0.717, 1.165) is 30.4 Å². The fourth-order valence-corrected chi connectivity index (χ4v) is 4.44. The second kappa shape index (κ2) is 12.3. The predicted octanol–water partition coefficient (Wildman–Crippen LogP) is 4.45. The van der Waals surface area contributed by atoms with E-state index in [4.69, 9.17) is 33.7 Å². The van der Waals surface area contributed by atoms with Crippen molar-refractivity contribution < 1.29 is 14.3 Å². The number of rotatable bonds is 8. The van der Waals surface area contributed by atoms with Crippen LogP contribution in [0.5, 0.6) is 0 Å². The standard InChI is InChI=1S/C23H27Cl2N3O3.ClH/c1-31-23(30)20-13-19(22-17(25)11-16(24)12-18(22)27-20)28-21(29)10-15-7-5-14(6-8-15)4-2-3-9-26;/h5-8,11-12,19-20,27H,2-4,9-10,13,26H2,1H3,(H,28,29);1H/t19-,20+;/m0./s1. The van der Waals surface area contributed by atoms with Crippen LogP contribution in [0, 0.1) is 0 Å². The number of nitrogens with two attached hydrogens (primary N) is 1. The van der Waals surface area contributed by atoms with Crippen LogP contribution in [0.4, 0.5) is 5.69 Å². The highest BCUT2D eigenvalue weighted by Gasteiger charge is 2.34. The Morgan fingerprint density at radius 3 is 2.50 bits per heavy atom. The molecule has 1 aliphatic heterocycles. The van der Waals surface area contributed by atoms with Crippen molar-refractivity contribution in [1.29, 1.82) is 0 Å². The van der Waals surface area contributed by atoms with Gasteiger partial charge in [-0.3, -0.25) is 4.79 Å². The fraction of sp³-hybridized carbons (Fsp3) is 0.391. The number of amides is 1. The number of methoxy groups -OCH3 is 1. The molecule has 0 spiro atoms. The smallest absolute Gasteiger partial charge is 0.328 e. The molecular weight excluding hydrogens is 473 g/mol. The van der Waals surface area contributed by atoms with E-state index >= 15 is 0 Å². The number of aryl methyl sites for hydroxylation is 1. The summed E-state index contributed by atoms with van der Waals surface area (Å²) in [5.41, 5.74) is 9.02. The summed E-state index contributed by atoms with van der Waals surface area (Å²) in [7, 11) is 1.33. The molecule has 2 aromatic carbocycles. The van der Waals surface area contributed by atoms with Crippen molar-refractivity contribution in [3.05, 3.63) is 63.1 Å². The van der Waals surface area contributed by atoms with Gasteiger partial charge in [0.1, 0.15) is 6.04 Å². The highest BCUT2D eigenvalue weighted by atomic mass is 35.5. The second-order valence-electron chi connectivity index (χ2n) is 7.66. The van der Waals surface area contributed by atoms with Gasteiger partial charge in [0, 0.05) is 27.7 Å². The maximum absolute atomic E-state index is 12.8. The first-order chi connectivity index (χ1) is 14.9. The maximum Gasteiger partial charge on any atom is 0.328 e. The Balaban J connectivity index is 0.00000363. The summed E-state index contributed by atoms with van der Waals surface area (Å²) in [4.78, 5) is 24.9. The van der Waals surface area contributed by atoms with E-state index in [-0.39, 0.29) is 24.7 Å². The number of carbonyl (C=O) groups is 2. The molecule has 2 atom stereocenters. The van der Waals surface area contributed by atoms with Crippen molar-refractivity contribution in [2.75, 3.05) is 19.0 Å². The molecule has 0 fully saturated rings. The molecule has 2 aromatic rings. The molecule has 0 radical (unpaired) electrons. The molecule has 1 heterocycles. The highest BCUT2D eigenvalue weighted by molar-refractivity contribution is 6.35. The molecule has 9 heteroatoms. The summed E-state index contributed by atoms with van der Waals surface area (Å²) in [5, 5.41) is 7.01. The van der Waals surface area contributed by atoms with E-state index in [1.165, 1.54) is 12.7 Å². The Morgan fingerprint density at radius 2 is 1.84 bits per heavy atom. The third-order valence-corrected chi connectivity index (χ3v) is 5.90. The Kier molecular flexibility index (Phi) is 10.1. The summed E-state index contributed by atoms with van der Waals surface area (Å²) >= 11 is 12.5. The van der Waals surface area contributed by atoms with Gasteiger partial charge in [0.25, 0.3) is 0 Å². The molecule has 1 aliphatic rings. The van der Waals surface area contributed by atoms with Crippen molar-refractivity contribution in [3.8, 4) is 0 Å². The van der Waals surface area contributed by atoms with E-state index in [9.17, 15) is 9.59 Å². The lowest BCUT2D eigenvalue weighted by Crippen LogP contribution is -2.42. The average Bonchev–Trinajstić information content (AvgIpc) is 2.73. The maximum atomic E-state index is 12.8. The molecule has 1 amide bonds. The molecule has 0 saturated carbocycles. The van der Waals surface area contributed by atoms with Crippen molar-refractivity contribution >= 4 is 53.2 Å². The second-order valence-corrected chi connectivity index (χ2v) is 8.51. The fourth-order valence-electron chi connectivity index (χ4n) is 3.82. The predicted molar refractivity (Wildman–Crippen MR) is 131 cm³/mol. The SMILES string of the molecule is COC(=O)[C@H]1C[C@H](NC(=O)Cc2ccc(CCCCN)cc2)c2c(Cl)cc(Cl)cc2N1.Cl. The number of anilines is 1. The quantitative estimate of drug-likeness (QED) is 0.368. The van der Waals surface area contributed by atoms with Gasteiger partial charge in [0.05, 0.1) is 19.6 Å². The normalized spacial score (nSPS) is 16.9. The molecule has 174 valence electrons. The third kappa shape index (κ3) is 6.75. The largest absolute Gasteiger partial charge is 0.467 e. The van der Waals surface area contributed by atoms with Crippen molar-refractivity contribution in [2.45, 2.75) is 44.2 Å². The lowest BCUT2D eigenvalue weighted by atomic mass is 9.92. The van der Waals surface area contributed by atoms with E-state index in [1.54, 1.807) is 12.1 Å². The number of fused-ring (bicyclic) bond motifs is 1.